The summed E-state index contributed by atoms with van der Waals surface area (Å²) < 4.78 is 10.1. The Labute approximate surface area is 140 Å². The molecular weight excluding hydrogens is 314 g/mol. The van der Waals surface area contributed by atoms with Crippen molar-refractivity contribution in [1.29, 1.82) is 5.26 Å². The number of carbonyl (C=O) groups is 1. The van der Waals surface area contributed by atoms with Crippen LogP contribution in [0.2, 0.25) is 0 Å². The third-order valence-corrected chi connectivity index (χ3v) is 3.76. The third kappa shape index (κ3) is 4.20. The summed E-state index contributed by atoms with van der Waals surface area (Å²) in [6.45, 7) is 2.70. The minimum absolute atomic E-state index is 0.267. The van der Waals surface area contributed by atoms with E-state index in [1.165, 1.54) is 13.2 Å². The predicted octanol–water partition coefficient (Wildman–Crippen LogP) is 2.46. The van der Waals surface area contributed by atoms with Gasteiger partial charge in [0, 0.05) is 11.8 Å². The molecule has 1 atom stereocenters. The Morgan fingerprint density at radius 2 is 2.26 bits per heavy atom. The van der Waals surface area contributed by atoms with Crippen molar-refractivity contribution in [2.24, 2.45) is 0 Å². The monoisotopic (exact) mass is 331 g/mol. The van der Waals surface area contributed by atoms with Gasteiger partial charge in [-0.2, -0.15) is 5.26 Å². The second-order valence-corrected chi connectivity index (χ2v) is 5.36. The fourth-order valence-electron chi connectivity index (χ4n) is 2.19. The fourth-order valence-corrected chi connectivity index (χ4v) is 2.28. The summed E-state index contributed by atoms with van der Waals surface area (Å²) >= 11 is 4.89. The average Bonchev–Trinajstić information content (AvgIpc) is 2.94. The van der Waals surface area contributed by atoms with Gasteiger partial charge in [-0.25, -0.2) is 4.79 Å². The van der Waals surface area contributed by atoms with Gasteiger partial charge in [-0.15, -0.1) is 0 Å². The van der Waals surface area contributed by atoms with Crippen LogP contribution >= 0.6 is 12.2 Å². The molecule has 0 radical (unpaired) electrons. The summed E-state index contributed by atoms with van der Waals surface area (Å²) in [5, 5.41) is 11.8. The molecule has 0 saturated carbocycles. The molecule has 0 bridgehead atoms. The molecule has 23 heavy (non-hydrogen) atoms. The summed E-state index contributed by atoms with van der Waals surface area (Å²) in [5.74, 6) is 0. The lowest BCUT2D eigenvalue weighted by atomic mass is 10.1. The molecule has 1 aliphatic heterocycles. The maximum Gasteiger partial charge on any atom is 0.414 e. The van der Waals surface area contributed by atoms with Gasteiger partial charge >= 0.3 is 6.09 Å². The Bertz CT molecular complexity index is 664. The van der Waals surface area contributed by atoms with Gasteiger partial charge in [-0.1, -0.05) is 12.1 Å². The molecule has 7 heteroatoms. The Balaban J connectivity index is 2.02. The molecule has 0 aromatic heterocycles. The zero-order valence-electron chi connectivity index (χ0n) is 12.9. The van der Waals surface area contributed by atoms with Gasteiger partial charge < -0.3 is 14.8 Å². The minimum Gasteiger partial charge on any atom is -0.474 e. The second-order valence-electron chi connectivity index (χ2n) is 4.99. The number of methoxy groups -OCH3 is 1. The molecule has 1 aromatic carbocycles. The van der Waals surface area contributed by atoms with Crippen LogP contribution in [-0.4, -0.2) is 37.6 Å². The van der Waals surface area contributed by atoms with Crippen molar-refractivity contribution in [3.63, 3.8) is 0 Å². The van der Waals surface area contributed by atoms with Gasteiger partial charge in [0.1, 0.15) is 6.10 Å². The van der Waals surface area contributed by atoms with Gasteiger partial charge in [0.25, 0.3) is 5.17 Å². The number of allylic oxidation sites excluding steroid dienone is 2. The molecule has 0 spiro atoms. The van der Waals surface area contributed by atoms with E-state index in [4.69, 9.17) is 27.0 Å². The summed E-state index contributed by atoms with van der Waals surface area (Å²) in [7, 11) is 1.48. The molecule has 1 aromatic rings. The largest absolute Gasteiger partial charge is 0.474 e. The van der Waals surface area contributed by atoms with Crippen molar-refractivity contribution in [2.75, 3.05) is 25.1 Å². The van der Waals surface area contributed by atoms with E-state index in [0.29, 0.717) is 13.1 Å². The Hall–Kier alpha value is -2.59. The zero-order chi connectivity index (χ0) is 16.8. The first-order valence-corrected chi connectivity index (χ1v) is 7.42. The predicted molar refractivity (Wildman–Crippen MR) is 90.9 cm³/mol. The molecule has 0 aliphatic carbocycles. The van der Waals surface area contributed by atoms with Crippen LogP contribution in [0.5, 0.6) is 0 Å². The molecule has 1 saturated heterocycles. The lowest BCUT2D eigenvalue weighted by Crippen LogP contribution is -2.34. The number of carbonyl (C=O) groups excluding carboxylic acids is 1. The molecule has 1 N–H and O–H groups in total. The number of benzene rings is 1. The maximum absolute atomic E-state index is 12.0. The van der Waals surface area contributed by atoms with Crippen molar-refractivity contribution in [2.45, 2.75) is 13.0 Å². The molecular formula is C16H17N3O3S. The van der Waals surface area contributed by atoms with Crippen LogP contribution in [0.25, 0.3) is 5.57 Å². The van der Waals surface area contributed by atoms with Crippen molar-refractivity contribution in [1.82, 2.24) is 5.32 Å². The Morgan fingerprint density at radius 1 is 1.57 bits per heavy atom. The summed E-state index contributed by atoms with van der Waals surface area (Å²) in [6, 6.07) is 9.42. The highest BCUT2D eigenvalue weighted by Crippen LogP contribution is 2.24. The van der Waals surface area contributed by atoms with E-state index >= 15 is 0 Å². The number of hydrogen-bond donors (Lipinski definition) is 1. The van der Waals surface area contributed by atoms with Gasteiger partial charge in [0.2, 0.25) is 0 Å². The van der Waals surface area contributed by atoms with Crippen molar-refractivity contribution in [3.05, 3.63) is 35.9 Å². The summed E-state index contributed by atoms with van der Waals surface area (Å²) in [4.78, 5) is 13.5. The molecule has 1 fully saturated rings. The standard InChI is InChI=1S/C16H17N3O3S/c1-11(7-8-17)12-3-5-13(6-4-12)19-10-14(22-16(19)20)9-18-15(23)21-2/h3-7,14H,9-10H2,1-2H3,(H,18,23)/b11-7-/t14-/m0/s1. The van der Waals surface area contributed by atoms with E-state index in [0.717, 1.165) is 16.8 Å². The highest BCUT2D eigenvalue weighted by Gasteiger charge is 2.32. The SMILES string of the molecule is COC(=S)NC[C@H]1CN(c2ccc(/C(C)=C\C#N)cc2)C(=O)O1. The zero-order valence-corrected chi connectivity index (χ0v) is 13.7. The summed E-state index contributed by atoms with van der Waals surface area (Å²) in [5.41, 5.74) is 2.56. The van der Waals surface area contributed by atoms with E-state index < -0.39 is 6.09 Å². The Morgan fingerprint density at radius 3 is 2.87 bits per heavy atom. The van der Waals surface area contributed by atoms with Crippen LogP contribution in [0.1, 0.15) is 12.5 Å². The smallest absolute Gasteiger partial charge is 0.414 e. The van der Waals surface area contributed by atoms with E-state index in [2.05, 4.69) is 5.32 Å². The third-order valence-electron chi connectivity index (χ3n) is 3.45. The van der Waals surface area contributed by atoms with Crippen LogP contribution < -0.4 is 10.2 Å². The van der Waals surface area contributed by atoms with Crippen LogP contribution in [0.3, 0.4) is 0 Å². The van der Waals surface area contributed by atoms with Crippen LogP contribution in [-0.2, 0) is 9.47 Å². The molecule has 6 nitrogen and oxygen atoms in total. The highest BCUT2D eigenvalue weighted by atomic mass is 32.1. The van der Waals surface area contributed by atoms with Crippen LogP contribution in [0.15, 0.2) is 30.3 Å². The number of nitriles is 1. The lowest BCUT2D eigenvalue weighted by molar-refractivity contribution is 0.142. The van der Waals surface area contributed by atoms with Gasteiger partial charge in [0.15, 0.2) is 0 Å². The molecule has 120 valence electrons. The number of ether oxygens (including phenoxy) is 2. The number of nitrogens with zero attached hydrogens (tertiary/aromatic N) is 2. The topological polar surface area (TPSA) is 74.6 Å². The van der Waals surface area contributed by atoms with E-state index in [-0.39, 0.29) is 11.3 Å². The molecule has 0 unspecified atom stereocenters. The number of nitrogens with one attached hydrogen (secondary N) is 1. The normalized spacial score (nSPS) is 17.4. The number of hydrogen-bond acceptors (Lipinski definition) is 5. The summed E-state index contributed by atoms with van der Waals surface area (Å²) in [6.07, 6.45) is 0.798. The lowest BCUT2D eigenvalue weighted by Gasteiger charge is -2.14. The molecule has 1 amide bonds. The first-order chi connectivity index (χ1) is 11.0. The molecule has 1 aliphatic rings. The van der Waals surface area contributed by atoms with Crippen LogP contribution in [0, 0.1) is 11.3 Å². The van der Waals surface area contributed by atoms with Gasteiger partial charge in [0.05, 0.1) is 26.3 Å². The van der Waals surface area contributed by atoms with Crippen molar-refractivity contribution >= 4 is 34.7 Å². The quantitative estimate of drug-likeness (QED) is 0.675. The number of cyclic esters (lactones) is 1. The van der Waals surface area contributed by atoms with E-state index in [1.54, 1.807) is 4.90 Å². The number of anilines is 1. The number of rotatable bonds is 4. The first kappa shape index (κ1) is 16.8. The Kier molecular flexibility index (Phi) is 5.55. The highest BCUT2D eigenvalue weighted by molar-refractivity contribution is 7.80. The van der Waals surface area contributed by atoms with Gasteiger partial charge in [-0.3, -0.25) is 4.90 Å². The molecule has 1 heterocycles. The number of amides is 1. The van der Waals surface area contributed by atoms with E-state index in [9.17, 15) is 4.79 Å². The van der Waals surface area contributed by atoms with Crippen molar-refractivity contribution in [3.8, 4) is 6.07 Å². The maximum atomic E-state index is 12.0. The van der Waals surface area contributed by atoms with Crippen molar-refractivity contribution < 1.29 is 14.3 Å². The molecule has 2 rings (SSSR count). The number of thiocarbonyl (C=S) groups is 1. The first-order valence-electron chi connectivity index (χ1n) is 7.02. The van der Waals surface area contributed by atoms with E-state index in [1.807, 2.05) is 37.3 Å². The fraction of sp³-hybridized carbons (Fsp3) is 0.312. The average molecular weight is 331 g/mol. The van der Waals surface area contributed by atoms with Crippen LogP contribution in [0.4, 0.5) is 10.5 Å². The second kappa shape index (κ2) is 7.61. The minimum atomic E-state index is -0.392. The van der Waals surface area contributed by atoms with Gasteiger partial charge in [-0.05, 0) is 42.4 Å².